The van der Waals surface area contributed by atoms with E-state index in [4.69, 9.17) is 21.1 Å². The molecule has 4 heteroatoms. The first-order chi connectivity index (χ1) is 7.10. The summed E-state index contributed by atoms with van der Waals surface area (Å²) in [6.45, 7) is 1.64. The third-order valence-corrected chi connectivity index (χ3v) is 2.76. The van der Waals surface area contributed by atoms with E-state index in [0.717, 1.165) is 5.56 Å². The highest BCUT2D eigenvalue weighted by Gasteiger charge is 2.19. The summed E-state index contributed by atoms with van der Waals surface area (Å²) in [5.41, 5.74) is 0.730. The van der Waals surface area contributed by atoms with Crippen LogP contribution in [0.4, 0.5) is 0 Å². The molecule has 1 N–H and O–H groups in total. The molecule has 0 fully saturated rings. The maximum absolute atomic E-state index is 9.43. The van der Waals surface area contributed by atoms with E-state index in [-0.39, 0.29) is 0 Å². The van der Waals surface area contributed by atoms with Crippen LogP contribution in [0, 0.1) is 0 Å². The van der Waals surface area contributed by atoms with Crippen LogP contribution in [0.2, 0.25) is 0 Å². The lowest BCUT2D eigenvalue weighted by molar-refractivity contribution is 0.188. The third kappa shape index (κ3) is 2.76. The molecule has 0 bridgehead atoms. The minimum absolute atomic E-state index is 0.505. The third-order valence-electron chi connectivity index (χ3n) is 2.16. The van der Waals surface area contributed by atoms with E-state index in [1.807, 2.05) is 0 Å². The summed E-state index contributed by atoms with van der Waals surface area (Å²) in [5.74, 6) is 1.34. The zero-order valence-electron chi connectivity index (χ0n) is 9.03. The lowest BCUT2D eigenvalue weighted by atomic mass is 10.1. The van der Waals surface area contributed by atoms with E-state index < -0.39 is 11.5 Å². The van der Waals surface area contributed by atoms with Gasteiger partial charge in [0.2, 0.25) is 0 Å². The van der Waals surface area contributed by atoms with E-state index in [2.05, 4.69) is 0 Å². The van der Waals surface area contributed by atoms with Crippen LogP contribution in [0.5, 0.6) is 11.5 Å². The van der Waals surface area contributed by atoms with Gasteiger partial charge in [-0.15, -0.1) is 11.6 Å². The first kappa shape index (κ1) is 12.1. The molecule has 0 aliphatic rings. The fourth-order valence-electron chi connectivity index (χ4n) is 1.31. The van der Waals surface area contributed by atoms with Crippen molar-refractivity contribution in [2.75, 3.05) is 14.2 Å². The molecule has 1 rings (SSSR count). The van der Waals surface area contributed by atoms with Gasteiger partial charge in [-0.2, -0.15) is 0 Å². The average Bonchev–Trinajstić information content (AvgIpc) is 2.27. The molecular weight excluding hydrogens is 216 g/mol. The second kappa shape index (κ2) is 5.24. The van der Waals surface area contributed by atoms with E-state index in [9.17, 15) is 5.11 Å². The Labute approximate surface area is 94.6 Å². The van der Waals surface area contributed by atoms with Gasteiger partial charge in [-0.05, 0) is 25.1 Å². The first-order valence-electron chi connectivity index (χ1n) is 4.64. The van der Waals surface area contributed by atoms with Crippen molar-refractivity contribution >= 4 is 11.6 Å². The molecule has 0 saturated heterocycles. The fourth-order valence-corrected chi connectivity index (χ4v) is 1.49. The number of aliphatic hydroxyl groups excluding tert-OH is 1. The lowest BCUT2D eigenvalue weighted by Gasteiger charge is -2.17. The van der Waals surface area contributed by atoms with Crippen LogP contribution in [-0.4, -0.2) is 25.4 Å². The number of rotatable bonds is 4. The Hall–Kier alpha value is -0.930. The number of aliphatic hydroxyl groups is 1. The second-order valence-corrected chi connectivity index (χ2v) is 3.72. The number of halogens is 1. The molecule has 2 unspecified atom stereocenters. The fraction of sp³-hybridized carbons (Fsp3) is 0.455. The van der Waals surface area contributed by atoms with Crippen LogP contribution >= 0.6 is 11.6 Å². The molecule has 1 aromatic rings. The van der Waals surface area contributed by atoms with Crippen molar-refractivity contribution in [3.05, 3.63) is 23.8 Å². The SMILES string of the molecule is COc1ccc(OC)c(C(Cl)C(C)O)c1. The minimum Gasteiger partial charge on any atom is -0.497 e. The maximum Gasteiger partial charge on any atom is 0.123 e. The highest BCUT2D eigenvalue weighted by atomic mass is 35.5. The highest BCUT2D eigenvalue weighted by molar-refractivity contribution is 6.21. The second-order valence-electron chi connectivity index (χ2n) is 3.25. The molecular formula is C11H15ClO3. The zero-order valence-corrected chi connectivity index (χ0v) is 9.78. The van der Waals surface area contributed by atoms with Crippen LogP contribution < -0.4 is 9.47 Å². The van der Waals surface area contributed by atoms with Crippen molar-refractivity contribution < 1.29 is 14.6 Å². The van der Waals surface area contributed by atoms with Crippen molar-refractivity contribution in [3.63, 3.8) is 0 Å². The Balaban J connectivity index is 3.11. The molecule has 0 saturated carbocycles. The summed E-state index contributed by atoms with van der Waals surface area (Å²) in [4.78, 5) is 0. The summed E-state index contributed by atoms with van der Waals surface area (Å²) < 4.78 is 10.3. The Morgan fingerprint density at radius 1 is 1.27 bits per heavy atom. The maximum atomic E-state index is 9.43. The Morgan fingerprint density at radius 2 is 1.93 bits per heavy atom. The molecule has 84 valence electrons. The molecule has 0 amide bonds. The summed E-state index contributed by atoms with van der Waals surface area (Å²) in [6.07, 6.45) is -0.646. The monoisotopic (exact) mass is 230 g/mol. The van der Waals surface area contributed by atoms with E-state index in [1.54, 1.807) is 39.3 Å². The lowest BCUT2D eigenvalue weighted by Crippen LogP contribution is -2.10. The van der Waals surface area contributed by atoms with Gasteiger partial charge in [0, 0.05) is 5.56 Å². The predicted molar refractivity (Wildman–Crippen MR) is 59.8 cm³/mol. The standard InChI is InChI=1S/C11H15ClO3/c1-7(13)11(12)9-6-8(14-2)4-5-10(9)15-3/h4-7,11,13H,1-3H3. The van der Waals surface area contributed by atoms with E-state index >= 15 is 0 Å². The zero-order chi connectivity index (χ0) is 11.4. The van der Waals surface area contributed by atoms with Crippen LogP contribution in [-0.2, 0) is 0 Å². The number of hydrogen-bond donors (Lipinski definition) is 1. The van der Waals surface area contributed by atoms with Crippen molar-refractivity contribution in [1.29, 1.82) is 0 Å². The van der Waals surface area contributed by atoms with Crippen molar-refractivity contribution in [1.82, 2.24) is 0 Å². The van der Waals surface area contributed by atoms with Gasteiger partial charge in [0.05, 0.1) is 25.7 Å². The molecule has 0 spiro atoms. The molecule has 15 heavy (non-hydrogen) atoms. The number of ether oxygens (including phenoxy) is 2. The van der Waals surface area contributed by atoms with Crippen molar-refractivity contribution in [3.8, 4) is 11.5 Å². The van der Waals surface area contributed by atoms with Gasteiger partial charge in [-0.1, -0.05) is 0 Å². The molecule has 0 aliphatic carbocycles. The van der Waals surface area contributed by atoms with Gasteiger partial charge < -0.3 is 14.6 Å². The van der Waals surface area contributed by atoms with Crippen molar-refractivity contribution in [2.45, 2.75) is 18.4 Å². The average molecular weight is 231 g/mol. The quantitative estimate of drug-likeness (QED) is 0.808. The molecule has 0 aromatic heterocycles. The molecule has 3 nitrogen and oxygen atoms in total. The van der Waals surface area contributed by atoms with Crippen LogP contribution in [0.15, 0.2) is 18.2 Å². The summed E-state index contributed by atoms with van der Waals surface area (Å²) in [6, 6.07) is 5.32. The normalized spacial score (nSPS) is 14.5. The Morgan fingerprint density at radius 3 is 2.40 bits per heavy atom. The van der Waals surface area contributed by atoms with E-state index in [1.165, 1.54) is 0 Å². The van der Waals surface area contributed by atoms with Gasteiger partial charge in [0.25, 0.3) is 0 Å². The first-order valence-corrected chi connectivity index (χ1v) is 5.07. The molecule has 1 aromatic carbocycles. The minimum atomic E-state index is -0.646. The Bertz CT molecular complexity index is 326. The molecule has 2 atom stereocenters. The molecule has 0 heterocycles. The van der Waals surface area contributed by atoms with Gasteiger partial charge in [-0.3, -0.25) is 0 Å². The van der Waals surface area contributed by atoms with Crippen LogP contribution in [0.25, 0.3) is 0 Å². The number of hydrogen-bond acceptors (Lipinski definition) is 3. The smallest absolute Gasteiger partial charge is 0.123 e. The van der Waals surface area contributed by atoms with Crippen LogP contribution in [0.3, 0.4) is 0 Å². The van der Waals surface area contributed by atoms with Crippen molar-refractivity contribution in [2.24, 2.45) is 0 Å². The van der Waals surface area contributed by atoms with Gasteiger partial charge >= 0.3 is 0 Å². The number of alkyl halides is 1. The topological polar surface area (TPSA) is 38.7 Å². The number of benzene rings is 1. The molecule has 0 aliphatic heterocycles. The molecule has 0 radical (unpaired) electrons. The summed E-state index contributed by atoms with van der Waals surface area (Å²) >= 11 is 6.07. The Kier molecular flexibility index (Phi) is 4.24. The van der Waals surface area contributed by atoms with Gasteiger partial charge in [-0.25, -0.2) is 0 Å². The van der Waals surface area contributed by atoms with Gasteiger partial charge in [0.15, 0.2) is 0 Å². The summed E-state index contributed by atoms with van der Waals surface area (Å²) in [5, 5.41) is 8.92. The summed E-state index contributed by atoms with van der Waals surface area (Å²) in [7, 11) is 3.15. The highest BCUT2D eigenvalue weighted by Crippen LogP contribution is 2.34. The van der Waals surface area contributed by atoms with Gasteiger partial charge in [0.1, 0.15) is 11.5 Å². The largest absolute Gasteiger partial charge is 0.497 e. The van der Waals surface area contributed by atoms with E-state index in [0.29, 0.717) is 11.5 Å². The predicted octanol–water partition coefficient (Wildman–Crippen LogP) is 2.36. The van der Waals surface area contributed by atoms with Crippen LogP contribution in [0.1, 0.15) is 17.9 Å². The number of methoxy groups -OCH3 is 2.